The van der Waals surface area contributed by atoms with E-state index in [0.29, 0.717) is 5.82 Å². The fraction of sp³-hybridized carbons (Fsp3) is 0.130. The second kappa shape index (κ2) is 14.4. The van der Waals surface area contributed by atoms with E-state index >= 15 is 0 Å². The topological polar surface area (TPSA) is 38.7 Å². The molecule has 0 saturated heterocycles. The van der Waals surface area contributed by atoms with Crippen LogP contribution in [0.1, 0.15) is 72.9 Å². The Kier molecular flexibility index (Phi) is 8.79. The number of benzene rings is 6. The van der Waals surface area contributed by atoms with Gasteiger partial charge in [-0.2, -0.15) is 0 Å². The molecule has 3 aliphatic rings. The van der Waals surface area contributed by atoms with Crippen molar-refractivity contribution in [1.82, 2.24) is 15.0 Å². The summed E-state index contributed by atoms with van der Waals surface area (Å²) in [7, 11) is 0. The number of hydrogen-bond acceptors (Lipinski definition) is 3. The number of allylic oxidation sites excluding steroid dienone is 8. The average molecular weight is 734 g/mol. The van der Waals surface area contributed by atoms with Gasteiger partial charge in [-0.05, 0) is 110 Å². The largest absolute Gasteiger partial charge is 0.213 e. The molecule has 1 atom stereocenters. The molecule has 1 unspecified atom stereocenters. The Labute approximate surface area is 335 Å². The minimum Gasteiger partial charge on any atom is -0.213 e. The van der Waals surface area contributed by atoms with Crippen LogP contribution in [0.25, 0.3) is 55.9 Å². The van der Waals surface area contributed by atoms with Crippen LogP contribution in [0.5, 0.6) is 0 Å². The lowest BCUT2D eigenvalue weighted by Gasteiger charge is -2.26. The van der Waals surface area contributed by atoms with Gasteiger partial charge in [0, 0.05) is 16.9 Å². The molecule has 6 aromatic carbocycles. The van der Waals surface area contributed by atoms with E-state index in [9.17, 15) is 0 Å². The van der Waals surface area contributed by atoms with Crippen LogP contribution in [0.15, 0.2) is 188 Å². The van der Waals surface area contributed by atoms with Gasteiger partial charge in [0.15, 0.2) is 11.6 Å². The molecule has 0 fully saturated rings. The van der Waals surface area contributed by atoms with E-state index in [-0.39, 0.29) is 11.3 Å². The van der Waals surface area contributed by atoms with Gasteiger partial charge in [0.1, 0.15) is 5.82 Å². The van der Waals surface area contributed by atoms with Crippen molar-refractivity contribution in [3.05, 3.63) is 221 Å². The minimum absolute atomic E-state index is 0.0574. The van der Waals surface area contributed by atoms with Gasteiger partial charge >= 0.3 is 0 Å². The Morgan fingerprint density at radius 2 is 1.02 bits per heavy atom. The Morgan fingerprint density at radius 1 is 0.474 bits per heavy atom. The molecule has 274 valence electrons. The second-order valence-electron chi connectivity index (χ2n) is 15.9. The van der Waals surface area contributed by atoms with Crippen LogP contribution >= 0.6 is 0 Å². The Bertz CT molecular complexity index is 2700. The van der Waals surface area contributed by atoms with Crippen molar-refractivity contribution in [2.45, 2.75) is 44.4 Å². The van der Waals surface area contributed by atoms with Crippen LogP contribution in [0, 0.1) is 0 Å². The molecular formula is C54H43N3. The summed E-state index contributed by atoms with van der Waals surface area (Å²) in [5.74, 6) is 2.21. The van der Waals surface area contributed by atoms with E-state index < -0.39 is 0 Å². The number of rotatable bonds is 7. The zero-order chi connectivity index (χ0) is 38.3. The van der Waals surface area contributed by atoms with E-state index in [1.807, 2.05) is 0 Å². The van der Waals surface area contributed by atoms with Gasteiger partial charge < -0.3 is 0 Å². The summed E-state index contributed by atoms with van der Waals surface area (Å²) in [6.45, 7) is 4.71. The van der Waals surface area contributed by atoms with Crippen molar-refractivity contribution >= 4 is 22.3 Å². The predicted molar refractivity (Wildman–Crippen MR) is 236 cm³/mol. The summed E-state index contributed by atoms with van der Waals surface area (Å²) in [4.78, 5) is 16.3. The van der Waals surface area contributed by atoms with Gasteiger partial charge in [-0.3, -0.25) is 0 Å². The number of fused-ring (bicyclic) bond motifs is 2. The van der Waals surface area contributed by atoms with Gasteiger partial charge in [-0.1, -0.05) is 178 Å². The second-order valence-corrected chi connectivity index (χ2v) is 15.9. The quantitative estimate of drug-likeness (QED) is 0.164. The van der Waals surface area contributed by atoms with E-state index in [1.165, 1.54) is 50.1 Å². The first-order chi connectivity index (χ1) is 28.0. The molecule has 57 heavy (non-hydrogen) atoms. The summed E-state index contributed by atoms with van der Waals surface area (Å²) in [5.41, 5.74) is 17.1. The number of nitrogens with zero attached hydrogens (tertiary/aromatic N) is 3. The van der Waals surface area contributed by atoms with Crippen LogP contribution in [-0.4, -0.2) is 15.0 Å². The highest BCUT2D eigenvalue weighted by molar-refractivity contribution is 5.89. The fourth-order valence-corrected chi connectivity index (χ4v) is 9.00. The first kappa shape index (κ1) is 34.8. The third kappa shape index (κ3) is 6.59. The summed E-state index contributed by atoms with van der Waals surface area (Å²) < 4.78 is 0. The lowest BCUT2D eigenvalue weighted by Crippen LogP contribution is -2.17. The maximum Gasteiger partial charge on any atom is 0.163 e. The third-order valence-electron chi connectivity index (χ3n) is 12.0. The van der Waals surface area contributed by atoms with Gasteiger partial charge in [-0.25, -0.2) is 15.0 Å². The molecule has 3 aliphatic carbocycles. The first-order valence-corrected chi connectivity index (χ1v) is 20.1. The highest BCUT2D eigenvalue weighted by atomic mass is 15.0. The summed E-state index contributed by atoms with van der Waals surface area (Å²) in [6.07, 6.45) is 9.74. The zero-order valence-corrected chi connectivity index (χ0v) is 32.4. The van der Waals surface area contributed by atoms with Crippen molar-refractivity contribution in [3.63, 3.8) is 0 Å². The van der Waals surface area contributed by atoms with Crippen molar-refractivity contribution in [2.24, 2.45) is 0 Å². The van der Waals surface area contributed by atoms with Crippen LogP contribution in [-0.2, 0) is 5.41 Å². The van der Waals surface area contributed by atoms with E-state index in [1.54, 1.807) is 0 Å². The summed E-state index contributed by atoms with van der Waals surface area (Å²) in [5, 5.41) is 0. The monoisotopic (exact) mass is 733 g/mol. The molecule has 1 heterocycles. The zero-order valence-electron chi connectivity index (χ0n) is 32.4. The molecule has 10 rings (SSSR count). The molecule has 3 heteroatoms. The smallest absolute Gasteiger partial charge is 0.163 e. The molecule has 7 aromatic rings. The summed E-state index contributed by atoms with van der Waals surface area (Å²) in [6, 6.07) is 58.4. The summed E-state index contributed by atoms with van der Waals surface area (Å²) >= 11 is 0. The normalized spacial score (nSPS) is 16.9. The molecule has 3 nitrogen and oxygen atoms in total. The fourth-order valence-electron chi connectivity index (χ4n) is 9.00. The van der Waals surface area contributed by atoms with Gasteiger partial charge in [0.25, 0.3) is 0 Å². The molecule has 0 saturated carbocycles. The Balaban J connectivity index is 1.17. The van der Waals surface area contributed by atoms with E-state index in [2.05, 4.69) is 196 Å². The molecular weight excluding hydrogens is 691 g/mol. The van der Waals surface area contributed by atoms with Crippen molar-refractivity contribution in [3.8, 4) is 33.6 Å². The molecule has 0 amide bonds. The number of aromatic nitrogens is 3. The molecule has 0 bridgehead atoms. The van der Waals surface area contributed by atoms with Gasteiger partial charge in [0.05, 0.1) is 0 Å². The maximum absolute atomic E-state index is 5.45. The van der Waals surface area contributed by atoms with Crippen molar-refractivity contribution in [2.75, 3.05) is 0 Å². The average Bonchev–Trinajstić information content (AvgIpc) is 3.52. The molecule has 0 N–H and O–H groups in total. The Hall–Kier alpha value is -6.71. The van der Waals surface area contributed by atoms with Gasteiger partial charge in [0.2, 0.25) is 0 Å². The SMILES string of the molecule is CC1(C)C2=C(CCC(c3nc(-c4cc(-c5ccccc5)cc(-c5ccccc5)c4)nc(C4C=C(c5ccccc5)C=C(c5ccccc5)C4)n3)=C2)c2ccccc21. The highest BCUT2D eigenvalue weighted by Gasteiger charge is 2.38. The molecule has 0 radical (unpaired) electrons. The van der Waals surface area contributed by atoms with E-state index in [4.69, 9.17) is 15.0 Å². The third-order valence-corrected chi connectivity index (χ3v) is 12.0. The highest BCUT2D eigenvalue weighted by Crippen LogP contribution is 2.52. The Morgan fingerprint density at radius 3 is 1.67 bits per heavy atom. The van der Waals surface area contributed by atoms with E-state index in [0.717, 1.165) is 58.7 Å². The first-order valence-electron chi connectivity index (χ1n) is 20.1. The van der Waals surface area contributed by atoms with Gasteiger partial charge in [-0.15, -0.1) is 0 Å². The standard InChI is InChI=1S/C54H43N3/c1-54(2)49-26-16-15-25-47(49)48-28-27-40(35-50(48)54)51-55-52(45-31-41(36-17-7-3-8-18-36)29-42(32-45)37-19-9-4-10-20-37)57-53(56-51)46-33-43(38-21-11-5-12-22-38)30-44(34-46)39-23-13-6-14-24-39/h3-26,29-33,35,46H,27-28,34H2,1-2H3. The van der Waals surface area contributed by atoms with Crippen molar-refractivity contribution < 1.29 is 0 Å². The molecule has 1 aromatic heterocycles. The van der Waals surface area contributed by atoms with Crippen LogP contribution in [0.2, 0.25) is 0 Å². The predicted octanol–water partition coefficient (Wildman–Crippen LogP) is 13.4. The molecule has 0 aliphatic heterocycles. The minimum atomic E-state index is -0.100. The van der Waals surface area contributed by atoms with Crippen LogP contribution in [0.4, 0.5) is 0 Å². The number of hydrogen-bond donors (Lipinski definition) is 0. The van der Waals surface area contributed by atoms with Crippen LogP contribution < -0.4 is 0 Å². The lowest BCUT2D eigenvalue weighted by atomic mass is 9.79. The molecule has 0 spiro atoms. The van der Waals surface area contributed by atoms with Crippen molar-refractivity contribution in [1.29, 1.82) is 0 Å². The van der Waals surface area contributed by atoms with Crippen LogP contribution in [0.3, 0.4) is 0 Å². The maximum atomic E-state index is 5.45. The lowest BCUT2D eigenvalue weighted by molar-refractivity contribution is 0.651.